The Kier molecular flexibility index (Phi) is 4.17. The highest BCUT2D eigenvalue weighted by atomic mass is 35.5. The van der Waals surface area contributed by atoms with Gasteiger partial charge in [-0.25, -0.2) is 8.78 Å². The molecule has 0 aromatic heterocycles. The van der Waals surface area contributed by atoms with Crippen LogP contribution in [0.4, 0.5) is 8.78 Å². The lowest BCUT2D eigenvalue weighted by atomic mass is 10.0. The monoisotopic (exact) mass is 282 g/mol. The Balaban J connectivity index is 2.22. The molecule has 1 unspecified atom stereocenters. The molecule has 0 aliphatic heterocycles. The second-order valence-corrected chi connectivity index (χ2v) is 4.92. The van der Waals surface area contributed by atoms with E-state index in [0.29, 0.717) is 5.02 Å². The van der Waals surface area contributed by atoms with Crippen LogP contribution >= 0.6 is 11.6 Å². The molecule has 0 bridgehead atoms. The predicted octanol–water partition coefficient (Wildman–Crippen LogP) is 4.20. The number of hydrogen-bond acceptors (Lipinski definition) is 1. The van der Waals surface area contributed by atoms with E-state index in [1.54, 1.807) is 12.1 Å². The van der Waals surface area contributed by atoms with E-state index >= 15 is 0 Å². The van der Waals surface area contributed by atoms with Crippen LogP contribution in [-0.4, -0.2) is 5.11 Å². The van der Waals surface area contributed by atoms with Crippen LogP contribution in [0.25, 0.3) is 0 Å². The fourth-order valence-electron chi connectivity index (χ4n) is 1.91. The molecule has 0 heterocycles. The van der Waals surface area contributed by atoms with Gasteiger partial charge in [0.15, 0.2) is 0 Å². The first-order chi connectivity index (χ1) is 8.95. The van der Waals surface area contributed by atoms with E-state index in [1.807, 2.05) is 13.0 Å². The normalized spacial score (nSPS) is 12.5. The number of aryl methyl sites for hydroxylation is 1. The van der Waals surface area contributed by atoms with Crippen molar-refractivity contribution < 1.29 is 13.9 Å². The summed E-state index contributed by atoms with van der Waals surface area (Å²) in [7, 11) is 0. The smallest absolute Gasteiger partial charge is 0.126 e. The van der Waals surface area contributed by atoms with Crippen molar-refractivity contribution in [3.63, 3.8) is 0 Å². The minimum absolute atomic E-state index is 0.203. The molecule has 100 valence electrons. The fourth-order valence-corrected chi connectivity index (χ4v) is 2.22. The summed E-state index contributed by atoms with van der Waals surface area (Å²) in [6.07, 6.45) is -0.785. The van der Waals surface area contributed by atoms with E-state index in [9.17, 15) is 13.9 Å². The molecule has 2 aromatic rings. The lowest BCUT2D eigenvalue weighted by molar-refractivity contribution is 0.177. The van der Waals surface area contributed by atoms with E-state index in [4.69, 9.17) is 11.6 Å². The van der Waals surface area contributed by atoms with Crippen LogP contribution in [0.1, 0.15) is 22.8 Å². The zero-order chi connectivity index (χ0) is 14.0. The number of aliphatic hydroxyl groups excluding tert-OH is 1. The van der Waals surface area contributed by atoms with Gasteiger partial charge in [-0.1, -0.05) is 23.7 Å². The second kappa shape index (κ2) is 5.68. The second-order valence-electron chi connectivity index (χ2n) is 4.52. The maximum atomic E-state index is 13.1. The predicted molar refractivity (Wildman–Crippen MR) is 71.2 cm³/mol. The summed E-state index contributed by atoms with van der Waals surface area (Å²) in [6.45, 7) is 1.91. The van der Waals surface area contributed by atoms with Gasteiger partial charge in [0, 0.05) is 17.5 Å². The average molecular weight is 283 g/mol. The summed E-state index contributed by atoms with van der Waals surface area (Å²) in [5.41, 5.74) is 1.96. The van der Waals surface area contributed by atoms with Gasteiger partial charge in [0.25, 0.3) is 0 Å². The first-order valence-electron chi connectivity index (χ1n) is 5.85. The number of aliphatic hydroxyl groups is 1. The van der Waals surface area contributed by atoms with Gasteiger partial charge < -0.3 is 5.11 Å². The fraction of sp³-hybridized carbons (Fsp3) is 0.200. The minimum atomic E-state index is -0.995. The zero-order valence-electron chi connectivity index (χ0n) is 10.3. The summed E-state index contributed by atoms with van der Waals surface area (Å²) in [5.74, 6) is -1.41. The van der Waals surface area contributed by atoms with Crippen molar-refractivity contribution in [2.45, 2.75) is 19.4 Å². The van der Waals surface area contributed by atoms with Crippen molar-refractivity contribution in [2.24, 2.45) is 0 Å². The summed E-state index contributed by atoms with van der Waals surface area (Å²) < 4.78 is 26.2. The largest absolute Gasteiger partial charge is 0.388 e. The lowest BCUT2D eigenvalue weighted by Crippen LogP contribution is -2.03. The first kappa shape index (κ1) is 14.0. The summed E-state index contributed by atoms with van der Waals surface area (Å²) >= 11 is 6.06. The Bertz CT molecular complexity index is 578. The van der Waals surface area contributed by atoms with E-state index < -0.39 is 17.7 Å². The Hall–Kier alpha value is -1.45. The number of rotatable bonds is 3. The molecule has 2 rings (SSSR count). The number of benzene rings is 2. The quantitative estimate of drug-likeness (QED) is 0.894. The van der Waals surface area contributed by atoms with Gasteiger partial charge >= 0.3 is 0 Å². The van der Waals surface area contributed by atoms with Crippen LogP contribution in [0.15, 0.2) is 36.4 Å². The highest BCUT2D eigenvalue weighted by Crippen LogP contribution is 2.25. The molecule has 1 N–H and O–H groups in total. The highest BCUT2D eigenvalue weighted by molar-refractivity contribution is 6.31. The molecule has 0 aliphatic carbocycles. The Morgan fingerprint density at radius 2 is 1.74 bits per heavy atom. The van der Waals surface area contributed by atoms with E-state index in [1.165, 1.54) is 0 Å². The molecule has 1 atom stereocenters. The average Bonchev–Trinajstić information content (AvgIpc) is 2.31. The topological polar surface area (TPSA) is 20.2 Å². The number of halogens is 3. The third kappa shape index (κ3) is 3.52. The van der Waals surface area contributed by atoms with Crippen molar-refractivity contribution in [1.29, 1.82) is 0 Å². The SMILES string of the molecule is Cc1ccc(CC(O)c2cc(F)cc(F)c2)c(Cl)c1. The summed E-state index contributed by atoms with van der Waals surface area (Å²) in [4.78, 5) is 0. The van der Waals surface area contributed by atoms with Crippen LogP contribution in [0.5, 0.6) is 0 Å². The Labute approximate surface area is 115 Å². The van der Waals surface area contributed by atoms with Crippen LogP contribution < -0.4 is 0 Å². The molecule has 0 radical (unpaired) electrons. The molecule has 2 aromatic carbocycles. The van der Waals surface area contributed by atoms with Gasteiger partial charge in [0.2, 0.25) is 0 Å². The molecule has 0 fully saturated rings. The van der Waals surface area contributed by atoms with Gasteiger partial charge in [0.1, 0.15) is 11.6 Å². The van der Waals surface area contributed by atoms with Crippen LogP contribution in [-0.2, 0) is 6.42 Å². The molecule has 4 heteroatoms. The van der Waals surface area contributed by atoms with Crippen LogP contribution in [0, 0.1) is 18.6 Å². The van der Waals surface area contributed by atoms with Gasteiger partial charge in [-0.2, -0.15) is 0 Å². The zero-order valence-corrected chi connectivity index (χ0v) is 11.1. The maximum absolute atomic E-state index is 13.1. The lowest BCUT2D eigenvalue weighted by Gasteiger charge is -2.13. The van der Waals surface area contributed by atoms with E-state index in [2.05, 4.69) is 0 Å². The maximum Gasteiger partial charge on any atom is 0.126 e. The van der Waals surface area contributed by atoms with Crippen molar-refractivity contribution >= 4 is 11.6 Å². The molecule has 19 heavy (non-hydrogen) atoms. The molecule has 0 saturated carbocycles. The van der Waals surface area contributed by atoms with Gasteiger partial charge in [0.05, 0.1) is 6.10 Å². The molecule has 0 aliphatic rings. The molecule has 0 spiro atoms. The van der Waals surface area contributed by atoms with E-state index in [-0.39, 0.29) is 12.0 Å². The summed E-state index contributed by atoms with van der Waals surface area (Å²) in [6, 6.07) is 8.48. The van der Waals surface area contributed by atoms with Gasteiger partial charge in [-0.15, -0.1) is 0 Å². The van der Waals surface area contributed by atoms with Crippen molar-refractivity contribution in [1.82, 2.24) is 0 Å². The molecular weight excluding hydrogens is 270 g/mol. The third-order valence-electron chi connectivity index (χ3n) is 2.89. The molecule has 0 amide bonds. The summed E-state index contributed by atoms with van der Waals surface area (Å²) in [5, 5.41) is 10.6. The van der Waals surface area contributed by atoms with E-state index in [0.717, 1.165) is 29.3 Å². The van der Waals surface area contributed by atoms with Crippen LogP contribution in [0.2, 0.25) is 5.02 Å². The van der Waals surface area contributed by atoms with Gasteiger partial charge in [-0.3, -0.25) is 0 Å². The minimum Gasteiger partial charge on any atom is -0.388 e. The van der Waals surface area contributed by atoms with Crippen molar-refractivity contribution in [3.8, 4) is 0 Å². The van der Waals surface area contributed by atoms with Crippen LogP contribution in [0.3, 0.4) is 0 Å². The van der Waals surface area contributed by atoms with Crippen molar-refractivity contribution in [3.05, 3.63) is 69.7 Å². The number of hydrogen-bond donors (Lipinski definition) is 1. The third-order valence-corrected chi connectivity index (χ3v) is 3.24. The Morgan fingerprint density at radius 1 is 1.11 bits per heavy atom. The molecule has 0 saturated heterocycles. The first-order valence-corrected chi connectivity index (χ1v) is 6.22. The van der Waals surface area contributed by atoms with Gasteiger partial charge in [-0.05, 0) is 41.8 Å². The molecular formula is C15H13ClF2O. The van der Waals surface area contributed by atoms with Crippen molar-refractivity contribution in [2.75, 3.05) is 0 Å². The molecule has 1 nitrogen and oxygen atoms in total. The highest BCUT2D eigenvalue weighted by Gasteiger charge is 2.13. The Morgan fingerprint density at radius 3 is 2.32 bits per heavy atom. The standard InChI is InChI=1S/C15H13ClF2O/c1-9-2-3-10(14(16)4-9)7-15(19)11-5-12(17)8-13(18)6-11/h2-6,8,15,19H,7H2,1H3.